The lowest BCUT2D eigenvalue weighted by Crippen LogP contribution is -2.48. The number of nitrogens with zero attached hydrogens (tertiary/aromatic N) is 1. The van der Waals surface area contributed by atoms with Crippen molar-refractivity contribution in [2.75, 3.05) is 45.9 Å². The number of nitrogens with one attached hydrogen (secondary N) is 2. The molecule has 3 N–H and O–H groups in total. The van der Waals surface area contributed by atoms with E-state index in [9.17, 15) is 9.90 Å². The molecule has 6 nitrogen and oxygen atoms in total. The van der Waals surface area contributed by atoms with Crippen LogP contribution in [-0.2, 0) is 9.53 Å². The van der Waals surface area contributed by atoms with Crippen LogP contribution in [0.2, 0.25) is 0 Å². The average molecular weight is 287 g/mol. The van der Waals surface area contributed by atoms with Crippen molar-refractivity contribution in [2.45, 2.75) is 32.9 Å². The van der Waals surface area contributed by atoms with E-state index in [1.807, 2.05) is 6.92 Å². The van der Waals surface area contributed by atoms with Crippen molar-refractivity contribution >= 4 is 5.91 Å². The summed E-state index contributed by atoms with van der Waals surface area (Å²) in [5, 5.41) is 15.9. The molecule has 1 aliphatic rings. The maximum absolute atomic E-state index is 11.8. The van der Waals surface area contributed by atoms with Crippen molar-refractivity contribution in [1.29, 1.82) is 0 Å². The molecule has 2 atom stereocenters. The van der Waals surface area contributed by atoms with E-state index in [-0.39, 0.29) is 11.9 Å². The predicted molar refractivity (Wildman–Crippen MR) is 78.6 cm³/mol. The number of aliphatic hydroxyl groups is 1. The largest absolute Gasteiger partial charge is 0.390 e. The van der Waals surface area contributed by atoms with Crippen LogP contribution < -0.4 is 10.6 Å². The van der Waals surface area contributed by atoms with Gasteiger partial charge in [0.2, 0.25) is 5.91 Å². The van der Waals surface area contributed by atoms with E-state index in [4.69, 9.17) is 4.74 Å². The molecule has 1 heterocycles. The Bertz CT molecular complexity index is 281. The summed E-state index contributed by atoms with van der Waals surface area (Å²) in [5.41, 5.74) is 0. The van der Waals surface area contributed by atoms with Crippen LogP contribution in [0.15, 0.2) is 0 Å². The zero-order valence-corrected chi connectivity index (χ0v) is 12.9. The molecule has 1 aliphatic heterocycles. The number of ether oxygens (including phenoxy) is 1. The van der Waals surface area contributed by atoms with Gasteiger partial charge in [0.15, 0.2) is 0 Å². The van der Waals surface area contributed by atoms with E-state index in [0.29, 0.717) is 25.6 Å². The van der Waals surface area contributed by atoms with Gasteiger partial charge in [0.1, 0.15) is 0 Å². The van der Waals surface area contributed by atoms with Crippen LogP contribution in [0.25, 0.3) is 0 Å². The van der Waals surface area contributed by atoms with Crippen LogP contribution in [0.3, 0.4) is 0 Å². The Morgan fingerprint density at radius 3 is 2.50 bits per heavy atom. The molecule has 20 heavy (non-hydrogen) atoms. The normalized spacial score (nSPS) is 19.9. The molecule has 0 spiro atoms. The van der Waals surface area contributed by atoms with Crippen molar-refractivity contribution in [1.82, 2.24) is 15.5 Å². The number of amides is 1. The van der Waals surface area contributed by atoms with Gasteiger partial charge >= 0.3 is 0 Å². The van der Waals surface area contributed by atoms with Crippen LogP contribution in [-0.4, -0.2) is 74.0 Å². The van der Waals surface area contributed by atoms with E-state index in [1.165, 1.54) is 0 Å². The van der Waals surface area contributed by atoms with Crippen LogP contribution in [0.1, 0.15) is 20.8 Å². The number of morpholine rings is 1. The molecule has 0 aromatic heterocycles. The molecule has 6 heteroatoms. The smallest absolute Gasteiger partial charge is 0.236 e. The van der Waals surface area contributed by atoms with E-state index in [0.717, 1.165) is 26.3 Å². The summed E-state index contributed by atoms with van der Waals surface area (Å²) in [7, 11) is 0. The van der Waals surface area contributed by atoms with Crippen LogP contribution >= 0.6 is 0 Å². The molecule has 0 bridgehead atoms. The maximum atomic E-state index is 11.8. The third kappa shape index (κ3) is 7.19. The highest BCUT2D eigenvalue weighted by Crippen LogP contribution is 1.98. The van der Waals surface area contributed by atoms with E-state index in [1.54, 1.807) is 0 Å². The quantitative estimate of drug-likeness (QED) is 0.557. The van der Waals surface area contributed by atoms with Gasteiger partial charge in [-0.25, -0.2) is 0 Å². The van der Waals surface area contributed by atoms with E-state index >= 15 is 0 Å². The minimum atomic E-state index is -0.464. The SMILES string of the molecule is CC(C)CNC(=O)C(C)NCC(O)CN1CCOCC1. The van der Waals surface area contributed by atoms with Crippen LogP contribution in [0.5, 0.6) is 0 Å². The Morgan fingerprint density at radius 2 is 1.90 bits per heavy atom. The molecule has 1 saturated heterocycles. The molecule has 0 aromatic carbocycles. The van der Waals surface area contributed by atoms with E-state index in [2.05, 4.69) is 29.4 Å². The summed E-state index contributed by atoms with van der Waals surface area (Å²) < 4.78 is 5.27. The lowest BCUT2D eigenvalue weighted by Gasteiger charge is -2.29. The molecule has 1 amide bonds. The van der Waals surface area contributed by atoms with Crippen molar-refractivity contribution in [3.63, 3.8) is 0 Å². The third-order valence-corrected chi connectivity index (χ3v) is 3.31. The second kappa shape index (κ2) is 9.28. The highest BCUT2D eigenvalue weighted by molar-refractivity contribution is 5.81. The molecule has 1 fully saturated rings. The fourth-order valence-corrected chi connectivity index (χ4v) is 2.01. The highest BCUT2D eigenvalue weighted by atomic mass is 16.5. The minimum Gasteiger partial charge on any atom is -0.390 e. The first-order valence-electron chi connectivity index (χ1n) is 7.48. The van der Waals surface area contributed by atoms with Gasteiger partial charge in [-0.2, -0.15) is 0 Å². The van der Waals surface area contributed by atoms with Gasteiger partial charge in [-0.3, -0.25) is 9.69 Å². The molecule has 1 rings (SSSR count). The second-order valence-electron chi connectivity index (χ2n) is 5.84. The number of hydrogen-bond donors (Lipinski definition) is 3. The summed E-state index contributed by atoms with van der Waals surface area (Å²) in [6.45, 7) is 10.9. The van der Waals surface area contributed by atoms with Gasteiger partial charge < -0.3 is 20.5 Å². The Balaban J connectivity index is 2.15. The summed E-state index contributed by atoms with van der Waals surface area (Å²) >= 11 is 0. The molecule has 2 unspecified atom stereocenters. The molecule has 0 radical (unpaired) electrons. The lowest BCUT2D eigenvalue weighted by atomic mass is 10.2. The van der Waals surface area contributed by atoms with Gasteiger partial charge in [0.05, 0.1) is 25.4 Å². The van der Waals surface area contributed by atoms with Gasteiger partial charge in [0, 0.05) is 32.7 Å². The zero-order chi connectivity index (χ0) is 15.0. The van der Waals surface area contributed by atoms with Gasteiger partial charge in [0.25, 0.3) is 0 Å². The Hall–Kier alpha value is -0.690. The standard InChI is InChI=1S/C14H29N3O3/c1-11(2)8-16-14(19)12(3)15-9-13(18)10-17-4-6-20-7-5-17/h11-13,15,18H,4-10H2,1-3H3,(H,16,19). The first-order valence-corrected chi connectivity index (χ1v) is 7.48. The number of carbonyl (C=O) groups is 1. The summed E-state index contributed by atoms with van der Waals surface area (Å²) in [5.74, 6) is 0.426. The number of β-amino-alcohol motifs (C(OH)–C–C–N with tert-alkyl or cyclic N) is 1. The topological polar surface area (TPSA) is 73.8 Å². The van der Waals surface area contributed by atoms with Gasteiger partial charge in [-0.15, -0.1) is 0 Å². The number of carbonyl (C=O) groups excluding carboxylic acids is 1. The first-order chi connectivity index (χ1) is 9.49. The summed E-state index contributed by atoms with van der Waals surface area (Å²) in [6, 6.07) is -0.284. The van der Waals surface area contributed by atoms with Crippen LogP contribution in [0, 0.1) is 5.92 Å². The molecule has 0 aliphatic carbocycles. The van der Waals surface area contributed by atoms with Crippen molar-refractivity contribution in [3.8, 4) is 0 Å². The fourth-order valence-electron chi connectivity index (χ4n) is 2.01. The Morgan fingerprint density at radius 1 is 1.25 bits per heavy atom. The molecule has 118 valence electrons. The monoisotopic (exact) mass is 287 g/mol. The fraction of sp³-hybridized carbons (Fsp3) is 0.929. The molecular formula is C14H29N3O3. The average Bonchev–Trinajstić information content (AvgIpc) is 2.43. The zero-order valence-electron chi connectivity index (χ0n) is 12.9. The molecule has 0 aromatic rings. The highest BCUT2D eigenvalue weighted by Gasteiger charge is 2.17. The van der Waals surface area contributed by atoms with Crippen molar-refractivity contribution < 1.29 is 14.6 Å². The van der Waals surface area contributed by atoms with Gasteiger partial charge in [-0.05, 0) is 12.8 Å². The van der Waals surface area contributed by atoms with Gasteiger partial charge in [-0.1, -0.05) is 13.8 Å². The van der Waals surface area contributed by atoms with Crippen LogP contribution in [0.4, 0.5) is 0 Å². The number of aliphatic hydroxyl groups excluding tert-OH is 1. The lowest BCUT2D eigenvalue weighted by molar-refractivity contribution is -0.123. The molecule has 0 saturated carbocycles. The first kappa shape index (κ1) is 17.4. The van der Waals surface area contributed by atoms with E-state index < -0.39 is 6.10 Å². The number of rotatable bonds is 8. The summed E-state index contributed by atoms with van der Waals surface area (Å²) in [6.07, 6.45) is -0.464. The summed E-state index contributed by atoms with van der Waals surface area (Å²) in [4.78, 5) is 13.9. The Labute approximate surface area is 121 Å². The maximum Gasteiger partial charge on any atom is 0.236 e. The van der Waals surface area contributed by atoms with Crippen molar-refractivity contribution in [3.05, 3.63) is 0 Å². The third-order valence-electron chi connectivity index (χ3n) is 3.31. The van der Waals surface area contributed by atoms with Crippen molar-refractivity contribution in [2.24, 2.45) is 5.92 Å². The molecular weight excluding hydrogens is 258 g/mol. The predicted octanol–water partition coefficient (Wildman–Crippen LogP) is -0.570. The Kier molecular flexibility index (Phi) is 8.06. The minimum absolute atomic E-state index is 0.0164. The second-order valence-corrected chi connectivity index (χ2v) is 5.84. The number of hydrogen-bond acceptors (Lipinski definition) is 5.